The number of anilines is 1. The number of para-hydroxylation sites is 1. The fraction of sp³-hybridized carbons (Fsp3) is 0.296. The molecule has 0 bridgehead atoms. The van der Waals surface area contributed by atoms with Crippen LogP contribution in [0.3, 0.4) is 0 Å². The van der Waals surface area contributed by atoms with Crippen molar-refractivity contribution in [3.05, 3.63) is 82.2 Å². The van der Waals surface area contributed by atoms with Gasteiger partial charge >= 0.3 is 5.97 Å². The molecule has 0 atom stereocenters. The first-order valence-electron chi connectivity index (χ1n) is 11.1. The summed E-state index contributed by atoms with van der Waals surface area (Å²) in [4.78, 5) is 38.9. The molecule has 0 unspecified atom stereocenters. The third kappa shape index (κ3) is 5.54. The highest BCUT2D eigenvalue weighted by molar-refractivity contribution is 5.96. The summed E-state index contributed by atoms with van der Waals surface area (Å²) in [5, 5.41) is 2.85. The van der Waals surface area contributed by atoms with Crippen molar-refractivity contribution in [2.75, 3.05) is 25.5 Å². The number of benzene rings is 2. The van der Waals surface area contributed by atoms with Crippen molar-refractivity contribution in [1.82, 2.24) is 9.47 Å². The minimum absolute atomic E-state index is 0.147. The van der Waals surface area contributed by atoms with E-state index in [4.69, 9.17) is 4.74 Å². The van der Waals surface area contributed by atoms with Gasteiger partial charge in [-0.3, -0.25) is 9.59 Å². The molecular formula is C27H31N3O4. The van der Waals surface area contributed by atoms with Gasteiger partial charge in [-0.15, -0.1) is 0 Å². The van der Waals surface area contributed by atoms with Gasteiger partial charge in [0.05, 0.1) is 12.1 Å². The Morgan fingerprint density at radius 1 is 0.941 bits per heavy atom. The zero-order chi connectivity index (χ0) is 25.0. The van der Waals surface area contributed by atoms with E-state index < -0.39 is 18.5 Å². The first kappa shape index (κ1) is 24.8. The molecular weight excluding hydrogens is 430 g/mol. The maximum Gasteiger partial charge on any atom is 0.340 e. The summed E-state index contributed by atoms with van der Waals surface area (Å²) in [5.74, 6) is -1.35. The van der Waals surface area contributed by atoms with Crippen LogP contribution in [0.4, 0.5) is 5.69 Å². The topological polar surface area (TPSA) is 80.6 Å². The van der Waals surface area contributed by atoms with Crippen LogP contribution < -0.4 is 5.32 Å². The zero-order valence-electron chi connectivity index (χ0n) is 20.6. The summed E-state index contributed by atoms with van der Waals surface area (Å²) in [7, 11) is 1.50. The molecule has 2 amide bonds. The maximum atomic E-state index is 12.7. The van der Waals surface area contributed by atoms with Crippen LogP contribution in [0.1, 0.15) is 38.4 Å². The van der Waals surface area contributed by atoms with Crippen LogP contribution in [0.25, 0.3) is 5.69 Å². The Morgan fingerprint density at radius 2 is 1.59 bits per heavy atom. The molecule has 7 heteroatoms. The number of carbonyl (C=O) groups is 3. The molecule has 0 saturated heterocycles. The average Bonchev–Trinajstić information content (AvgIpc) is 3.08. The molecule has 3 aromatic rings. The number of aryl methyl sites for hydroxylation is 4. The number of nitrogens with one attached hydrogen (secondary N) is 1. The van der Waals surface area contributed by atoms with Crippen molar-refractivity contribution in [2.45, 2.75) is 34.6 Å². The van der Waals surface area contributed by atoms with Crippen molar-refractivity contribution in [3.8, 4) is 5.69 Å². The van der Waals surface area contributed by atoms with E-state index in [0.717, 1.165) is 39.5 Å². The third-order valence-electron chi connectivity index (χ3n) is 5.79. The molecule has 0 aliphatic rings. The molecule has 1 heterocycles. The quantitative estimate of drug-likeness (QED) is 0.533. The number of carbonyl (C=O) groups excluding carboxylic acids is 3. The van der Waals surface area contributed by atoms with Crippen LogP contribution in [0.15, 0.2) is 48.5 Å². The second-order valence-electron chi connectivity index (χ2n) is 8.60. The highest BCUT2D eigenvalue weighted by Crippen LogP contribution is 2.22. The fourth-order valence-electron chi connectivity index (χ4n) is 3.94. The first-order valence-corrected chi connectivity index (χ1v) is 11.1. The minimum atomic E-state index is -0.575. The van der Waals surface area contributed by atoms with Gasteiger partial charge in [0, 0.05) is 29.8 Å². The van der Waals surface area contributed by atoms with E-state index in [1.165, 1.54) is 11.9 Å². The number of rotatable bonds is 7. The first-order chi connectivity index (χ1) is 16.1. The van der Waals surface area contributed by atoms with Gasteiger partial charge in [-0.05, 0) is 69.5 Å². The summed E-state index contributed by atoms with van der Waals surface area (Å²) in [6, 6.07) is 15.5. The molecule has 1 aromatic heterocycles. The van der Waals surface area contributed by atoms with Gasteiger partial charge in [0.15, 0.2) is 6.61 Å². The molecule has 178 valence electrons. The summed E-state index contributed by atoms with van der Waals surface area (Å²) < 4.78 is 7.26. The van der Waals surface area contributed by atoms with E-state index in [9.17, 15) is 14.4 Å². The number of hydrogen-bond donors (Lipinski definition) is 1. The Hall–Kier alpha value is -3.87. The second-order valence-corrected chi connectivity index (χ2v) is 8.60. The van der Waals surface area contributed by atoms with Crippen molar-refractivity contribution in [1.29, 1.82) is 0 Å². The van der Waals surface area contributed by atoms with Crippen LogP contribution in [0.5, 0.6) is 0 Å². The molecule has 0 aliphatic heterocycles. The van der Waals surface area contributed by atoms with Gasteiger partial charge in [0.1, 0.15) is 0 Å². The van der Waals surface area contributed by atoms with Crippen molar-refractivity contribution < 1.29 is 19.1 Å². The largest absolute Gasteiger partial charge is 0.452 e. The van der Waals surface area contributed by atoms with Crippen LogP contribution in [-0.2, 0) is 14.3 Å². The molecule has 1 N–H and O–H groups in total. The number of nitrogens with zero attached hydrogens (tertiary/aromatic N) is 2. The lowest BCUT2D eigenvalue weighted by Gasteiger charge is -2.18. The van der Waals surface area contributed by atoms with Gasteiger partial charge in [0.25, 0.3) is 5.91 Å². The molecule has 34 heavy (non-hydrogen) atoms. The summed E-state index contributed by atoms with van der Waals surface area (Å²) in [6.07, 6.45) is 0. The van der Waals surface area contributed by atoms with E-state index in [0.29, 0.717) is 5.56 Å². The van der Waals surface area contributed by atoms with E-state index in [1.807, 2.05) is 81.7 Å². The second kappa shape index (κ2) is 10.4. The lowest BCUT2D eigenvalue weighted by molar-refractivity contribution is -0.136. The van der Waals surface area contributed by atoms with Crippen molar-refractivity contribution >= 4 is 23.5 Å². The number of esters is 1. The van der Waals surface area contributed by atoms with Gasteiger partial charge in [-0.25, -0.2) is 4.79 Å². The molecule has 0 fully saturated rings. The number of hydrogen-bond acceptors (Lipinski definition) is 4. The van der Waals surface area contributed by atoms with E-state index >= 15 is 0 Å². The van der Waals surface area contributed by atoms with Crippen LogP contribution >= 0.6 is 0 Å². The molecule has 2 aromatic carbocycles. The van der Waals surface area contributed by atoms with Gasteiger partial charge in [-0.1, -0.05) is 30.3 Å². The van der Waals surface area contributed by atoms with E-state index in [2.05, 4.69) is 5.32 Å². The van der Waals surface area contributed by atoms with Gasteiger partial charge in [-0.2, -0.15) is 0 Å². The Balaban J connectivity index is 1.60. The Kier molecular flexibility index (Phi) is 7.56. The summed E-state index contributed by atoms with van der Waals surface area (Å²) in [5.41, 5.74) is 6.73. The lowest BCUT2D eigenvalue weighted by Crippen LogP contribution is -2.37. The molecule has 7 nitrogen and oxygen atoms in total. The highest BCUT2D eigenvalue weighted by Gasteiger charge is 2.21. The number of amides is 2. The fourth-order valence-corrected chi connectivity index (χ4v) is 3.94. The van der Waals surface area contributed by atoms with Gasteiger partial charge in [0.2, 0.25) is 5.91 Å². The van der Waals surface area contributed by atoms with Crippen LogP contribution in [0, 0.1) is 34.6 Å². The monoisotopic (exact) mass is 461 g/mol. The summed E-state index contributed by atoms with van der Waals surface area (Å²) >= 11 is 0. The van der Waals surface area contributed by atoms with E-state index in [-0.39, 0.29) is 12.5 Å². The Morgan fingerprint density at radius 3 is 2.24 bits per heavy atom. The van der Waals surface area contributed by atoms with E-state index in [1.54, 1.807) is 6.07 Å². The Labute approximate surface area is 200 Å². The molecule has 0 aliphatic carbocycles. The van der Waals surface area contributed by atoms with Gasteiger partial charge < -0.3 is 19.5 Å². The van der Waals surface area contributed by atoms with Crippen LogP contribution in [-0.4, -0.2) is 47.4 Å². The number of likely N-dealkylation sites (N-methyl/N-ethyl adjacent to an activating group) is 1. The molecule has 0 radical (unpaired) electrons. The lowest BCUT2D eigenvalue weighted by atomic mass is 10.1. The number of aromatic nitrogens is 1. The Bertz CT molecular complexity index is 1220. The molecule has 0 spiro atoms. The third-order valence-corrected chi connectivity index (χ3v) is 5.79. The number of ether oxygens (including phenoxy) is 1. The predicted octanol–water partition coefficient (Wildman–Crippen LogP) is 4.27. The maximum absolute atomic E-state index is 12.7. The standard InChI is InChI=1S/C27H31N3O4/c1-17-9-7-12-22(13-17)30-20(4)14-23(21(30)5)27(33)34-16-25(32)29(6)15-24(31)28-26-18(2)10-8-11-19(26)3/h7-14H,15-16H2,1-6H3,(H,28,31). The normalized spacial score (nSPS) is 10.6. The minimum Gasteiger partial charge on any atom is -0.452 e. The molecule has 0 saturated carbocycles. The van der Waals surface area contributed by atoms with Crippen LogP contribution in [0.2, 0.25) is 0 Å². The smallest absolute Gasteiger partial charge is 0.340 e. The van der Waals surface area contributed by atoms with Crippen molar-refractivity contribution in [2.24, 2.45) is 0 Å². The van der Waals surface area contributed by atoms with Crippen molar-refractivity contribution in [3.63, 3.8) is 0 Å². The zero-order valence-corrected chi connectivity index (χ0v) is 20.6. The SMILES string of the molecule is Cc1cccc(-n2c(C)cc(C(=O)OCC(=O)N(C)CC(=O)Nc3c(C)cccc3C)c2C)c1. The predicted molar refractivity (Wildman–Crippen MR) is 132 cm³/mol. The molecule has 3 rings (SSSR count). The average molecular weight is 462 g/mol. The summed E-state index contributed by atoms with van der Waals surface area (Å²) in [6.45, 7) is 9.00. The highest BCUT2D eigenvalue weighted by atomic mass is 16.5.